The molecule has 13 aromatic carbocycles. The first-order valence-electron chi connectivity index (χ1n) is 25.7. The summed E-state index contributed by atoms with van der Waals surface area (Å²) >= 11 is 0. The summed E-state index contributed by atoms with van der Waals surface area (Å²) in [6.45, 7) is 1.60. The number of hydrogen-bond donors (Lipinski definition) is 2. The van der Waals surface area contributed by atoms with Crippen LogP contribution in [0.4, 0.5) is 11.4 Å². The molecule has 3 nitrogen and oxygen atoms in total. The number of fused-ring (bicyclic) bond motifs is 14. The van der Waals surface area contributed by atoms with E-state index >= 15 is 0 Å². The molecule has 0 amide bonds. The summed E-state index contributed by atoms with van der Waals surface area (Å²) < 4.78 is 0. The lowest BCUT2D eigenvalue weighted by molar-refractivity contribution is 1.31. The van der Waals surface area contributed by atoms with E-state index < -0.39 is 0 Å². The van der Waals surface area contributed by atoms with E-state index in [4.69, 9.17) is 4.98 Å². The van der Waals surface area contributed by atoms with Crippen LogP contribution in [-0.2, 0) is 6.42 Å². The number of hydrogen-bond acceptors (Lipinski definition) is 3. The molecule has 0 unspecified atom stereocenters. The van der Waals surface area contributed by atoms with Gasteiger partial charge in [-0.25, -0.2) is 0 Å². The lowest BCUT2D eigenvalue weighted by atomic mass is 9.83. The Labute approximate surface area is 420 Å². The highest BCUT2D eigenvalue weighted by Gasteiger charge is 2.29. The van der Waals surface area contributed by atoms with Crippen LogP contribution in [-0.4, -0.2) is 18.1 Å². The zero-order valence-electron chi connectivity index (χ0n) is 39.8. The van der Waals surface area contributed by atoms with Gasteiger partial charge in [-0.05, 0) is 155 Å². The van der Waals surface area contributed by atoms with Gasteiger partial charge in [-0.1, -0.05) is 188 Å². The van der Waals surface area contributed by atoms with Crippen molar-refractivity contribution in [2.75, 3.05) is 23.7 Å². The summed E-state index contributed by atoms with van der Waals surface area (Å²) in [6, 6.07) is 64.7. The van der Waals surface area contributed by atoms with E-state index in [0.717, 1.165) is 36.0 Å². The maximum atomic E-state index is 5.05. The van der Waals surface area contributed by atoms with Crippen molar-refractivity contribution in [3.8, 4) is 44.5 Å². The maximum Gasteiger partial charge on any atom is 0.0780 e. The van der Waals surface area contributed by atoms with Gasteiger partial charge in [0.05, 0.1) is 5.52 Å². The van der Waals surface area contributed by atoms with Crippen molar-refractivity contribution in [1.82, 2.24) is 4.98 Å². The second-order valence-corrected chi connectivity index (χ2v) is 20.3. The minimum absolute atomic E-state index is 0.801. The van der Waals surface area contributed by atoms with Crippen molar-refractivity contribution in [2.24, 2.45) is 0 Å². The molecule has 2 N–H and O–H groups in total. The number of anilines is 2. The molecule has 0 saturated heterocycles. The Balaban J connectivity index is 1.07. The summed E-state index contributed by atoms with van der Waals surface area (Å²) in [4.78, 5) is 5.05. The molecular formula is C70H43N3. The Bertz CT molecular complexity index is 4870. The van der Waals surface area contributed by atoms with Gasteiger partial charge in [0.15, 0.2) is 0 Å². The molecule has 0 fully saturated rings. The summed E-state index contributed by atoms with van der Waals surface area (Å²) in [5, 5.41) is 29.5. The molecule has 0 atom stereocenters. The maximum absolute atomic E-state index is 5.05. The Morgan fingerprint density at radius 3 is 1.58 bits per heavy atom. The van der Waals surface area contributed by atoms with Gasteiger partial charge in [0, 0.05) is 58.3 Å². The number of para-hydroxylation sites is 3. The quantitative estimate of drug-likeness (QED) is 0.173. The molecule has 1 aliphatic carbocycles. The second kappa shape index (κ2) is 14.6. The van der Waals surface area contributed by atoms with Crippen LogP contribution in [0.2, 0.25) is 0 Å². The highest BCUT2D eigenvalue weighted by atomic mass is 14.9. The molecule has 2 aliphatic heterocycles. The van der Waals surface area contributed by atoms with Crippen LogP contribution >= 0.6 is 0 Å². The predicted octanol–water partition coefficient (Wildman–Crippen LogP) is 18.5. The zero-order chi connectivity index (χ0) is 47.5. The third kappa shape index (κ3) is 5.25. The Morgan fingerprint density at radius 2 is 0.836 bits per heavy atom. The zero-order valence-corrected chi connectivity index (χ0v) is 39.8. The van der Waals surface area contributed by atoms with E-state index in [9.17, 15) is 0 Å². The van der Waals surface area contributed by atoms with Crippen LogP contribution in [0.25, 0.3) is 160 Å². The van der Waals surface area contributed by atoms with Gasteiger partial charge >= 0.3 is 0 Å². The van der Waals surface area contributed by atoms with Crippen LogP contribution in [0.1, 0.15) is 22.3 Å². The predicted molar refractivity (Wildman–Crippen MR) is 314 cm³/mol. The summed E-state index contributed by atoms with van der Waals surface area (Å²) in [6.07, 6.45) is 16.5. The standard InChI is InChI=1S/C70H43N3/c1-2-22-46-45(21-1)62(44-24-4-14-39-13-3-23-43(39)44)67-59-38-57-47-25-8-29-53-60(47)58(37-56(57)48-26-9-30-54(61(48)59)66(67)64(46)55-31-7-17-42-20-12-36-73-70(42)55)65-50(52-28-6-16-41-19-11-35-72-69(41)52)33-32-49(63(53)65)51-27-5-15-40-18-10-34-71-68(40)51/h1-22,24-33,35,37-38,71,73H,23,34,36H2. The first-order valence-corrected chi connectivity index (χ1v) is 25.7. The van der Waals surface area contributed by atoms with Gasteiger partial charge in [0.2, 0.25) is 0 Å². The molecule has 0 spiro atoms. The van der Waals surface area contributed by atoms with Crippen molar-refractivity contribution in [1.29, 1.82) is 0 Å². The van der Waals surface area contributed by atoms with Gasteiger partial charge in [0.1, 0.15) is 0 Å². The molecule has 14 aromatic rings. The minimum Gasteiger partial charge on any atom is -0.381 e. The molecule has 17 rings (SSSR count). The van der Waals surface area contributed by atoms with Gasteiger partial charge < -0.3 is 10.6 Å². The topological polar surface area (TPSA) is 37.0 Å². The molecule has 0 saturated carbocycles. The smallest absolute Gasteiger partial charge is 0.0780 e. The summed E-state index contributed by atoms with van der Waals surface area (Å²) in [5.41, 5.74) is 18.6. The van der Waals surface area contributed by atoms with Crippen LogP contribution in [0.15, 0.2) is 194 Å². The molecule has 3 aliphatic rings. The van der Waals surface area contributed by atoms with Gasteiger partial charge in [-0.3, -0.25) is 4.98 Å². The number of nitrogens with one attached hydrogen (secondary N) is 2. The van der Waals surface area contributed by atoms with E-state index in [1.807, 2.05) is 12.3 Å². The second-order valence-electron chi connectivity index (χ2n) is 20.3. The van der Waals surface area contributed by atoms with Gasteiger partial charge in [-0.2, -0.15) is 0 Å². The highest BCUT2D eigenvalue weighted by Crippen LogP contribution is 2.57. The number of benzene rings is 11. The third-order valence-corrected chi connectivity index (χ3v) is 16.8. The molecule has 73 heavy (non-hydrogen) atoms. The third-order valence-electron chi connectivity index (χ3n) is 16.8. The first-order chi connectivity index (χ1) is 36.3. The van der Waals surface area contributed by atoms with Crippen molar-refractivity contribution >= 4 is 127 Å². The molecule has 0 bridgehead atoms. The Hall–Kier alpha value is -9.31. The SMILES string of the molecule is C1=Cc2cccc(-c3ccc(-c4cccc5cccnc45)c4c5cc6c(cc7c8c(-c9cccc%10c9CC=C%10)c9ccccc9c(-c9cccc%10c9NCC=C%10)c8c8cccc6c78)c6cccc(c34)c65)c2NC1. The van der Waals surface area contributed by atoms with Crippen molar-refractivity contribution in [3.63, 3.8) is 0 Å². The Kier molecular flexibility index (Phi) is 7.90. The van der Waals surface area contributed by atoms with Crippen molar-refractivity contribution in [3.05, 3.63) is 217 Å². The number of pyridine rings is 1. The fraction of sp³-hybridized carbons (Fsp3) is 0.0429. The normalized spacial score (nSPS) is 13.9. The number of allylic oxidation sites excluding steroid dienone is 1. The molecule has 3 heterocycles. The largest absolute Gasteiger partial charge is 0.381 e. The number of nitrogens with zero attached hydrogens (tertiary/aromatic N) is 1. The Morgan fingerprint density at radius 1 is 0.329 bits per heavy atom. The van der Waals surface area contributed by atoms with Crippen molar-refractivity contribution in [2.45, 2.75) is 6.42 Å². The molecular weight excluding hydrogens is 883 g/mol. The monoisotopic (exact) mass is 925 g/mol. The number of aromatic nitrogens is 1. The van der Waals surface area contributed by atoms with Crippen LogP contribution < -0.4 is 10.6 Å². The van der Waals surface area contributed by atoms with E-state index in [-0.39, 0.29) is 0 Å². The average molecular weight is 926 g/mol. The average Bonchev–Trinajstić information content (AvgIpc) is 4.17. The van der Waals surface area contributed by atoms with Crippen LogP contribution in [0.5, 0.6) is 0 Å². The van der Waals surface area contributed by atoms with Gasteiger partial charge in [0.25, 0.3) is 0 Å². The summed E-state index contributed by atoms with van der Waals surface area (Å²) in [7, 11) is 0. The molecule has 3 heteroatoms. The van der Waals surface area contributed by atoms with E-state index in [1.54, 1.807) is 0 Å². The summed E-state index contributed by atoms with van der Waals surface area (Å²) in [5.74, 6) is 0. The number of rotatable bonds is 4. The lowest BCUT2D eigenvalue weighted by Crippen LogP contribution is -2.06. The molecule has 0 radical (unpaired) electrons. The molecule has 338 valence electrons. The first kappa shape index (κ1) is 39.4. The fourth-order valence-corrected chi connectivity index (χ4v) is 13.9. The van der Waals surface area contributed by atoms with Gasteiger partial charge in [-0.15, -0.1) is 0 Å². The van der Waals surface area contributed by atoms with E-state index in [2.05, 4.69) is 211 Å². The van der Waals surface area contributed by atoms with Crippen LogP contribution in [0.3, 0.4) is 0 Å². The van der Waals surface area contributed by atoms with Crippen LogP contribution in [0, 0.1) is 0 Å². The van der Waals surface area contributed by atoms with E-state index in [0.29, 0.717) is 0 Å². The highest BCUT2D eigenvalue weighted by molar-refractivity contribution is 6.46. The minimum atomic E-state index is 0.801. The lowest BCUT2D eigenvalue weighted by Gasteiger charge is -2.22. The molecule has 1 aromatic heterocycles. The van der Waals surface area contributed by atoms with Crippen molar-refractivity contribution < 1.29 is 0 Å². The van der Waals surface area contributed by atoms with E-state index in [1.165, 1.54) is 159 Å². The fourth-order valence-electron chi connectivity index (χ4n) is 13.9.